The number of sulfonamides is 1. The summed E-state index contributed by atoms with van der Waals surface area (Å²) in [6, 6.07) is 5.10. The maximum Gasteiger partial charge on any atom is 0.246 e. The van der Waals surface area contributed by atoms with Gasteiger partial charge >= 0.3 is 0 Å². The molecule has 1 aliphatic rings. The molecule has 1 fully saturated rings. The van der Waals surface area contributed by atoms with E-state index >= 15 is 0 Å². The van der Waals surface area contributed by atoms with E-state index in [4.69, 9.17) is 9.47 Å². The summed E-state index contributed by atoms with van der Waals surface area (Å²) in [4.78, 5) is 12.2. The van der Waals surface area contributed by atoms with Crippen LogP contribution in [0.25, 0.3) is 0 Å². The Morgan fingerprint density at radius 3 is 2.73 bits per heavy atom. The van der Waals surface area contributed by atoms with Gasteiger partial charge in [0.1, 0.15) is 10.6 Å². The van der Waals surface area contributed by atoms with Gasteiger partial charge in [-0.1, -0.05) is 19.9 Å². The molecule has 1 aromatic carbocycles. The first-order valence-corrected chi connectivity index (χ1v) is 10.2. The summed E-state index contributed by atoms with van der Waals surface area (Å²) in [6.45, 7) is 4.82. The highest BCUT2D eigenvalue weighted by Crippen LogP contribution is 2.29. The first-order chi connectivity index (χ1) is 12.3. The molecule has 1 saturated heterocycles. The number of hydrogen-bond acceptors (Lipinski definition) is 5. The molecular weight excluding hydrogens is 356 g/mol. The Morgan fingerprint density at radius 2 is 2.15 bits per heavy atom. The van der Waals surface area contributed by atoms with Crippen LogP contribution in [0.15, 0.2) is 23.1 Å². The minimum Gasteiger partial charge on any atom is -0.495 e. The van der Waals surface area contributed by atoms with Gasteiger partial charge in [0, 0.05) is 20.2 Å². The van der Waals surface area contributed by atoms with Crippen molar-refractivity contribution in [3.8, 4) is 5.75 Å². The summed E-state index contributed by atoms with van der Waals surface area (Å²) in [5.74, 6) is 0.0847. The highest BCUT2D eigenvalue weighted by molar-refractivity contribution is 7.89. The number of methoxy groups -OCH3 is 1. The van der Waals surface area contributed by atoms with E-state index in [9.17, 15) is 13.2 Å². The van der Waals surface area contributed by atoms with Crippen LogP contribution in [0.4, 0.5) is 0 Å². The average molecular weight is 384 g/mol. The van der Waals surface area contributed by atoms with Gasteiger partial charge in [0.05, 0.1) is 19.8 Å². The van der Waals surface area contributed by atoms with Gasteiger partial charge in [-0.05, 0) is 36.5 Å². The Kier molecular flexibility index (Phi) is 7.02. The van der Waals surface area contributed by atoms with E-state index in [1.54, 1.807) is 12.1 Å². The van der Waals surface area contributed by atoms with Gasteiger partial charge in [-0.25, -0.2) is 8.42 Å². The Labute approximate surface area is 155 Å². The third-order valence-electron chi connectivity index (χ3n) is 4.46. The van der Waals surface area contributed by atoms with E-state index in [0.717, 1.165) is 22.7 Å². The molecule has 1 atom stereocenters. The lowest BCUT2D eigenvalue weighted by molar-refractivity contribution is -0.121. The summed E-state index contributed by atoms with van der Waals surface area (Å²) in [5.41, 5.74) is 0.889. The third-order valence-corrected chi connectivity index (χ3v) is 6.28. The van der Waals surface area contributed by atoms with Crippen molar-refractivity contribution in [2.75, 3.05) is 33.9 Å². The third kappa shape index (κ3) is 4.96. The van der Waals surface area contributed by atoms with E-state index < -0.39 is 10.0 Å². The summed E-state index contributed by atoms with van der Waals surface area (Å²) in [5, 5.41) is 2.74. The van der Waals surface area contributed by atoms with Gasteiger partial charge in [0.25, 0.3) is 0 Å². The lowest BCUT2D eigenvalue weighted by atomic mass is 10.0. The van der Waals surface area contributed by atoms with Crippen LogP contribution in [0, 0.1) is 0 Å². The topological polar surface area (TPSA) is 84.9 Å². The van der Waals surface area contributed by atoms with Gasteiger partial charge < -0.3 is 14.8 Å². The van der Waals surface area contributed by atoms with Gasteiger partial charge in [-0.2, -0.15) is 4.31 Å². The molecule has 26 heavy (non-hydrogen) atoms. The number of benzene rings is 1. The van der Waals surface area contributed by atoms with E-state index in [-0.39, 0.29) is 35.1 Å². The molecule has 0 aromatic heterocycles. The predicted octanol–water partition coefficient (Wildman–Crippen LogP) is 1.73. The van der Waals surface area contributed by atoms with Crippen molar-refractivity contribution in [3.05, 3.63) is 23.8 Å². The fourth-order valence-electron chi connectivity index (χ4n) is 2.80. The van der Waals surface area contributed by atoms with Crippen LogP contribution in [-0.4, -0.2) is 58.6 Å². The number of carbonyl (C=O) groups excluding carboxylic acids is 1. The van der Waals surface area contributed by atoms with Crippen LogP contribution in [0.1, 0.15) is 38.2 Å². The van der Waals surface area contributed by atoms with Crippen LogP contribution in [0.2, 0.25) is 0 Å². The molecule has 146 valence electrons. The van der Waals surface area contributed by atoms with E-state index in [2.05, 4.69) is 5.32 Å². The number of carbonyl (C=O) groups is 1. The molecule has 1 amide bonds. The monoisotopic (exact) mass is 384 g/mol. The minimum absolute atomic E-state index is 0.0173. The lowest BCUT2D eigenvalue weighted by Gasteiger charge is -2.20. The zero-order chi connectivity index (χ0) is 19.3. The Morgan fingerprint density at radius 1 is 1.42 bits per heavy atom. The molecule has 1 N–H and O–H groups in total. The van der Waals surface area contributed by atoms with Gasteiger partial charge in [-0.3, -0.25) is 4.79 Å². The van der Waals surface area contributed by atoms with Crippen LogP contribution >= 0.6 is 0 Å². The fourth-order valence-corrected chi connectivity index (χ4v) is 4.11. The molecule has 0 aliphatic carbocycles. The molecule has 2 rings (SSSR count). The van der Waals surface area contributed by atoms with E-state index in [0.29, 0.717) is 13.2 Å². The number of likely N-dealkylation sites (N-methyl/N-ethyl adjacent to an activating group) is 1. The summed E-state index contributed by atoms with van der Waals surface area (Å²) >= 11 is 0. The molecule has 7 nitrogen and oxygen atoms in total. The quantitative estimate of drug-likeness (QED) is 0.738. The second-order valence-corrected chi connectivity index (χ2v) is 8.78. The molecule has 1 heterocycles. The van der Waals surface area contributed by atoms with Crippen molar-refractivity contribution >= 4 is 15.9 Å². The standard InChI is InChI=1S/C18H28N2O5S/c1-13(2)14-7-8-16(24-4)17(10-14)26(22,23)20(3)12-18(21)19-11-15-6-5-9-25-15/h7-8,10,13,15H,5-6,9,11-12H2,1-4H3,(H,19,21). The smallest absolute Gasteiger partial charge is 0.246 e. The van der Waals surface area contributed by atoms with E-state index in [1.807, 2.05) is 19.9 Å². The van der Waals surface area contributed by atoms with Crippen LogP contribution in [0.5, 0.6) is 5.75 Å². The molecule has 8 heteroatoms. The van der Waals surface area contributed by atoms with Crippen LogP contribution in [0.3, 0.4) is 0 Å². The number of nitrogens with zero attached hydrogens (tertiary/aromatic N) is 1. The number of amides is 1. The Hall–Kier alpha value is -1.64. The van der Waals surface area contributed by atoms with Crippen LogP contribution < -0.4 is 10.1 Å². The van der Waals surface area contributed by atoms with Crippen molar-refractivity contribution in [2.24, 2.45) is 0 Å². The SMILES string of the molecule is COc1ccc(C(C)C)cc1S(=O)(=O)N(C)CC(=O)NCC1CCCO1. The largest absolute Gasteiger partial charge is 0.495 e. The molecule has 0 bridgehead atoms. The lowest BCUT2D eigenvalue weighted by Crippen LogP contribution is -2.41. The second kappa shape index (κ2) is 8.83. The summed E-state index contributed by atoms with van der Waals surface area (Å²) in [6.07, 6.45) is 1.91. The Bertz CT molecular complexity index is 727. The molecule has 0 spiro atoms. The van der Waals surface area contributed by atoms with Crippen molar-refractivity contribution < 1.29 is 22.7 Å². The number of ether oxygens (including phenoxy) is 2. The van der Waals surface area contributed by atoms with Gasteiger partial charge in [-0.15, -0.1) is 0 Å². The molecule has 1 aliphatic heterocycles. The maximum atomic E-state index is 12.9. The minimum atomic E-state index is -3.85. The molecule has 0 saturated carbocycles. The highest BCUT2D eigenvalue weighted by Gasteiger charge is 2.27. The van der Waals surface area contributed by atoms with Gasteiger partial charge in [0.15, 0.2) is 0 Å². The molecular formula is C18H28N2O5S. The van der Waals surface area contributed by atoms with Gasteiger partial charge in [0.2, 0.25) is 15.9 Å². The number of nitrogens with one attached hydrogen (secondary N) is 1. The molecule has 1 unspecified atom stereocenters. The maximum absolute atomic E-state index is 12.9. The zero-order valence-corrected chi connectivity index (χ0v) is 16.6. The molecule has 1 aromatic rings. The van der Waals surface area contributed by atoms with Crippen molar-refractivity contribution in [3.63, 3.8) is 0 Å². The number of rotatable bonds is 8. The first kappa shape index (κ1) is 20.7. The zero-order valence-electron chi connectivity index (χ0n) is 15.8. The average Bonchev–Trinajstić information content (AvgIpc) is 3.12. The van der Waals surface area contributed by atoms with Crippen molar-refractivity contribution in [2.45, 2.75) is 43.6 Å². The van der Waals surface area contributed by atoms with E-state index in [1.165, 1.54) is 14.2 Å². The second-order valence-electron chi connectivity index (χ2n) is 6.77. The summed E-state index contributed by atoms with van der Waals surface area (Å²) in [7, 11) is -1.03. The van der Waals surface area contributed by atoms with Crippen LogP contribution in [-0.2, 0) is 19.6 Å². The Balaban J connectivity index is 2.10. The number of hydrogen-bond donors (Lipinski definition) is 1. The fraction of sp³-hybridized carbons (Fsp3) is 0.611. The molecule has 0 radical (unpaired) electrons. The van der Waals surface area contributed by atoms with Crippen molar-refractivity contribution in [1.29, 1.82) is 0 Å². The highest BCUT2D eigenvalue weighted by atomic mass is 32.2. The predicted molar refractivity (Wildman–Crippen MR) is 98.9 cm³/mol. The first-order valence-electron chi connectivity index (χ1n) is 8.78. The normalized spacial score (nSPS) is 17.7. The van der Waals surface area contributed by atoms with Crippen molar-refractivity contribution in [1.82, 2.24) is 9.62 Å². The summed E-state index contributed by atoms with van der Waals surface area (Å²) < 4.78 is 37.6.